The fourth-order valence-electron chi connectivity index (χ4n) is 2.56. The van der Waals surface area contributed by atoms with Crippen LogP contribution in [0.3, 0.4) is 0 Å². The van der Waals surface area contributed by atoms with E-state index in [1.807, 2.05) is 0 Å². The molecule has 1 aromatic rings. The number of carbonyl (C=O) groups excluding carboxylic acids is 3. The Balaban J connectivity index is 1.66. The maximum atomic E-state index is 12.6. The molecule has 1 atom stereocenters. The number of carbonyl (C=O) groups is 3. The summed E-state index contributed by atoms with van der Waals surface area (Å²) in [4.78, 5) is 37.9. The quantitative estimate of drug-likeness (QED) is 0.837. The predicted molar refractivity (Wildman–Crippen MR) is 89.5 cm³/mol. The van der Waals surface area contributed by atoms with Crippen LogP contribution in [0.5, 0.6) is 0 Å². The molecular weight excluding hydrogens is 312 g/mol. The number of hydrogen-bond acceptors (Lipinski definition) is 4. The van der Waals surface area contributed by atoms with Crippen molar-refractivity contribution in [2.24, 2.45) is 5.92 Å². The monoisotopic (exact) mass is 332 g/mol. The molecule has 3 rings (SSSR count). The Morgan fingerprint density at radius 3 is 2.43 bits per heavy atom. The van der Waals surface area contributed by atoms with Crippen LogP contribution in [0.1, 0.15) is 40.5 Å². The zero-order valence-electron chi connectivity index (χ0n) is 13.1. The molecule has 122 valence electrons. The van der Waals surface area contributed by atoms with Crippen LogP contribution in [0.25, 0.3) is 0 Å². The lowest BCUT2D eigenvalue weighted by atomic mass is 10.1. The Hall–Kier alpha value is -1.82. The van der Waals surface area contributed by atoms with Crippen LogP contribution in [0.4, 0.5) is 0 Å². The van der Waals surface area contributed by atoms with Crippen molar-refractivity contribution in [3.05, 3.63) is 35.4 Å². The highest BCUT2D eigenvalue weighted by atomic mass is 32.2. The van der Waals surface area contributed by atoms with Gasteiger partial charge in [0.15, 0.2) is 5.78 Å². The minimum absolute atomic E-state index is 0.0296. The molecule has 1 saturated carbocycles. The molecule has 1 saturated heterocycles. The number of hydrogen-bond donors (Lipinski definition) is 1. The zero-order valence-corrected chi connectivity index (χ0v) is 13.9. The molecule has 1 aromatic carbocycles. The molecule has 0 aromatic heterocycles. The number of nitrogens with zero attached hydrogens (tertiary/aromatic N) is 1. The van der Waals surface area contributed by atoms with Crippen LogP contribution in [0.2, 0.25) is 0 Å². The Labute approximate surface area is 139 Å². The van der Waals surface area contributed by atoms with Crippen molar-refractivity contribution in [2.75, 3.05) is 18.2 Å². The molecule has 2 amide bonds. The van der Waals surface area contributed by atoms with Crippen LogP contribution >= 0.6 is 11.8 Å². The predicted octanol–water partition coefficient (Wildman–Crippen LogP) is 1.93. The van der Waals surface area contributed by atoms with Gasteiger partial charge in [-0.2, -0.15) is 0 Å². The number of nitrogens with one attached hydrogen (secondary N) is 1. The summed E-state index contributed by atoms with van der Waals surface area (Å²) in [7, 11) is 0. The molecule has 0 spiro atoms. The van der Waals surface area contributed by atoms with Crippen LogP contribution < -0.4 is 5.32 Å². The van der Waals surface area contributed by atoms with Gasteiger partial charge in [0, 0.05) is 23.4 Å². The van der Waals surface area contributed by atoms with Gasteiger partial charge in [-0.25, -0.2) is 0 Å². The van der Waals surface area contributed by atoms with Gasteiger partial charge >= 0.3 is 0 Å². The highest BCUT2D eigenvalue weighted by Crippen LogP contribution is 2.28. The summed E-state index contributed by atoms with van der Waals surface area (Å²) in [5.41, 5.74) is 1.09. The van der Waals surface area contributed by atoms with Gasteiger partial charge in [-0.05, 0) is 37.8 Å². The molecule has 2 aliphatic rings. The highest BCUT2D eigenvalue weighted by molar-refractivity contribution is 7.99. The van der Waals surface area contributed by atoms with Gasteiger partial charge in [0.1, 0.15) is 6.04 Å². The van der Waals surface area contributed by atoms with E-state index in [-0.39, 0.29) is 17.6 Å². The third-order valence-corrected chi connectivity index (χ3v) is 5.26. The minimum Gasteiger partial charge on any atom is -0.354 e. The lowest BCUT2D eigenvalue weighted by molar-refractivity contribution is -0.124. The summed E-state index contributed by atoms with van der Waals surface area (Å²) in [6.07, 6.45) is 2.37. The van der Waals surface area contributed by atoms with E-state index in [0.717, 1.165) is 6.54 Å². The molecule has 5 nitrogen and oxygen atoms in total. The maximum absolute atomic E-state index is 12.6. The van der Waals surface area contributed by atoms with E-state index in [9.17, 15) is 14.4 Å². The summed E-state index contributed by atoms with van der Waals surface area (Å²) in [5, 5.41) is 2.96. The van der Waals surface area contributed by atoms with Crippen molar-refractivity contribution in [1.82, 2.24) is 10.2 Å². The summed E-state index contributed by atoms with van der Waals surface area (Å²) >= 11 is 1.59. The van der Waals surface area contributed by atoms with E-state index in [1.54, 1.807) is 40.9 Å². The fraction of sp³-hybridized carbons (Fsp3) is 0.471. The van der Waals surface area contributed by atoms with Crippen molar-refractivity contribution in [2.45, 2.75) is 25.8 Å². The first kappa shape index (κ1) is 16.1. The molecule has 23 heavy (non-hydrogen) atoms. The van der Waals surface area contributed by atoms with Gasteiger partial charge in [-0.3, -0.25) is 14.4 Å². The Kier molecular flexibility index (Phi) is 4.71. The van der Waals surface area contributed by atoms with E-state index >= 15 is 0 Å². The second-order valence-corrected chi connectivity index (χ2v) is 7.11. The lowest BCUT2D eigenvalue weighted by Gasteiger charge is -2.23. The topological polar surface area (TPSA) is 66.5 Å². The Morgan fingerprint density at radius 2 is 1.83 bits per heavy atom. The summed E-state index contributed by atoms with van der Waals surface area (Å²) in [6, 6.07) is 6.21. The first-order valence-electron chi connectivity index (χ1n) is 7.83. The number of thioether (sulfide) groups is 1. The molecule has 1 N–H and O–H groups in total. The second-order valence-electron chi connectivity index (χ2n) is 6.11. The number of Topliss-reactive ketones (excluding diaryl/α,β-unsaturated/α-hetero) is 1. The van der Waals surface area contributed by atoms with Gasteiger partial charge in [-0.15, -0.1) is 11.8 Å². The third kappa shape index (κ3) is 3.75. The lowest BCUT2D eigenvalue weighted by Crippen LogP contribution is -2.47. The Bertz CT molecular complexity index is 625. The van der Waals surface area contributed by atoms with Crippen molar-refractivity contribution >= 4 is 29.4 Å². The molecule has 2 fully saturated rings. The van der Waals surface area contributed by atoms with Crippen LogP contribution in [-0.4, -0.2) is 46.7 Å². The van der Waals surface area contributed by atoms with E-state index in [1.165, 1.54) is 19.8 Å². The maximum Gasteiger partial charge on any atom is 0.255 e. The van der Waals surface area contributed by atoms with Crippen LogP contribution in [0.15, 0.2) is 24.3 Å². The molecular formula is C17H20N2O3S. The molecule has 1 aliphatic heterocycles. The normalized spacial score (nSPS) is 20.4. The molecule has 0 bridgehead atoms. The molecule has 6 heteroatoms. The average Bonchev–Trinajstić information content (AvgIpc) is 3.26. The summed E-state index contributed by atoms with van der Waals surface area (Å²) in [6.45, 7) is 2.21. The van der Waals surface area contributed by atoms with Crippen molar-refractivity contribution in [3.63, 3.8) is 0 Å². The van der Waals surface area contributed by atoms with Crippen molar-refractivity contribution in [1.29, 1.82) is 0 Å². The van der Waals surface area contributed by atoms with Gasteiger partial charge < -0.3 is 10.2 Å². The van der Waals surface area contributed by atoms with E-state index in [4.69, 9.17) is 0 Å². The highest BCUT2D eigenvalue weighted by Gasteiger charge is 2.35. The van der Waals surface area contributed by atoms with Gasteiger partial charge in [-0.1, -0.05) is 12.1 Å². The smallest absolute Gasteiger partial charge is 0.255 e. The Morgan fingerprint density at radius 1 is 1.17 bits per heavy atom. The van der Waals surface area contributed by atoms with Gasteiger partial charge in [0.05, 0.1) is 5.88 Å². The van der Waals surface area contributed by atoms with Crippen LogP contribution in [-0.2, 0) is 4.79 Å². The molecule has 0 radical (unpaired) electrons. The average molecular weight is 332 g/mol. The largest absolute Gasteiger partial charge is 0.354 e. The van der Waals surface area contributed by atoms with Crippen molar-refractivity contribution < 1.29 is 14.4 Å². The van der Waals surface area contributed by atoms with E-state index in [0.29, 0.717) is 28.7 Å². The minimum atomic E-state index is -0.404. The number of amides is 2. The van der Waals surface area contributed by atoms with Gasteiger partial charge in [0.2, 0.25) is 5.91 Å². The van der Waals surface area contributed by atoms with E-state index < -0.39 is 6.04 Å². The number of benzene rings is 1. The standard InChI is InChI=1S/C17H20N2O3S/c1-11(20)13-4-6-14(7-5-13)17(22)19-10-23-9-15(19)16(21)18-8-12-2-3-12/h4-7,12,15H,2-3,8-10H2,1H3,(H,18,21)/t15-/m0/s1. The van der Waals surface area contributed by atoms with Gasteiger partial charge in [0.25, 0.3) is 5.91 Å². The third-order valence-electron chi connectivity index (χ3n) is 4.25. The second kappa shape index (κ2) is 6.74. The summed E-state index contributed by atoms with van der Waals surface area (Å²) in [5.74, 6) is 1.53. The molecule has 1 heterocycles. The first-order chi connectivity index (χ1) is 11.1. The molecule has 0 unspecified atom stereocenters. The molecule has 1 aliphatic carbocycles. The zero-order chi connectivity index (χ0) is 16.4. The number of rotatable bonds is 5. The SMILES string of the molecule is CC(=O)c1ccc(C(=O)N2CSC[C@H]2C(=O)NCC2CC2)cc1. The summed E-state index contributed by atoms with van der Waals surface area (Å²) < 4.78 is 0. The van der Waals surface area contributed by atoms with Crippen molar-refractivity contribution in [3.8, 4) is 0 Å². The first-order valence-corrected chi connectivity index (χ1v) is 8.99. The van der Waals surface area contributed by atoms with E-state index in [2.05, 4.69) is 5.32 Å². The fourth-order valence-corrected chi connectivity index (χ4v) is 3.71. The number of ketones is 1. The van der Waals surface area contributed by atoms with Crippen LogP contribution in [0, 0.1) is 5.92 Å².